The molecule has 1 amide bonds. The number of anilines is 1. The van der Waals surface area contributed by atoms with Crippen molar-refractivity contribution in [2.75, 3.05) is 19.5 Å². The first-order chi connectivity index (χ1) is 11.6. The molecule has 0 aliphatic rings. The van der Waals surface area contributed by atoms with Crippen molar-refractivity contribution >= 4 is 22.5 Å². The number of rotatable bonds is 4. The second-order valence-electron chi connectivity index (χ2n) is 5.35. The number of hydrogen-bond acceptors (Lipinski definition) is 4. The third kappa shape index (κ3) is 3.01. The molecule has 0 radical (unpaired) electrons. The van der Waals surface area contributed by atoms with Crippen LogP contribution in [0, 0.1) is 6.92 Å². The molecule has 5 nitrogen and oxygen atoms in total. The number of methoxy groups -OCH3 is 2. The van der Waals surface area contributed by atoms with Crippen LogP contribution in [-0.4, -0.2) is 25.1 Å². The molecule has 2 aromatic carbocycles. The highest BCUT2D eigenvalue weighted by molar-refractivity contribution is 6.08. The number of carbonyl (C=O) groups excluding carboxylic acids is 1. The minimum Gasteiger partial charge on any atom is -0.493 e. The summed E-state index contributed by atoms with van der Waals surface area (Å²) < 4.78 is 10.4. The summed E-state index contributed by atoms with van der Waals surface area (Å²) in [5.74, 6) is 0.861. The van der Waals surface area contributed by atoms with E-state index >= 15 is 0 Å². The van der Waals surface area contributed by atoms with Crippen molar-refractivity contribution in [2.45, 2.75) is 6.92 Å². The molecule has 0 atom stereocenters. The monoisotopic (exact) mass is 322 g/mol. The average molecular weight is 322 g/mol. The van der Waals surface area contributed by atoms with E-state index in [1.54, 1.807) is 25.3 Å². The summed E-state index contributed by atoms with van der Waals surface area (Å²) in [4.78, 5) is 17.1. The number of nitrogens with zero attached hydrogens (tertiary/aromatic N) is 1. The van der Waals surface area contributed by atoms with E-state index in [1.165, 1.54) is 7.11 Å². The number of fused-ring (bicyclic) bond motifs is 1. The van der Waals surface area contributed by atoms with E-state index in [0.29, 0.717) is 22.7 Å². The lowest BCUT2D eigenvalue weighted by atomic mass is 10.1. The fraction of sp³-hybridized carbons (Fsp3) is 0.158. The zero-order chi connectivity index (χ0) is 17.1. The van der Waals surface area contributed by atoms with Gasteiger partial charge in [-0.3, -0.25) is 9.78 Å². The summed E-state index contributed by atoms with van der Waals surface area (Å²) in [7, 11) is 3.10. The molecule has 0 saturated carbocycles. The Morgan fingerprint density at radius 2 is 1.79 bits per heavy atom. The number of pyridine rings is 1. The molecule has 3 rings (SSSR count). The Balaban J connectivity index is 1.94. The second-order valence-corrected chi connectivity index (χ2v) is 5.35. The number of amides is 1. The number of nitrogens with one attached hydrogen (secondary N) is 1. The SMILES string of the molecule is COc1ccc(C(=O)Nc2cccc3ccc(C)nc23)cc1OC. The minimum atomic E-state index is -0.230. The number of carbonyl (C=O) groups is 1. The Bertz CT molecular complexity index is 906. The summed E-state index contributed by atoms with van der Waals surface area (Å²) in [5, 5.41) is 3.90. The quantitative estimate of drug-likeness (QED) is 0.793. The van der Waals surface area contributed by atoms with Gasteiger partial charge >= 0.3 is 0 Å². The molecule has 122 valence electrons. The molecule has 1 aromatic heterocycles. The van der Waals surface area contributed by atoms with Crippen LogP contribution in [-0.2, 0) is 0 Å². The first-order valence-electron chi connectivity index (χ1n) is 7.52. The molecule has 24 heavy (non-hydrogen) atoms. The van der Waals surface area contributed by atoms with Crippen LogP contribution in [0.5, 0.6) is 11.5 Å². The van der Waals surface area contributed by atoms with Crippen molar-refractivity contribution < 1.29 is 14.3 Å². The first-order valence-corrected chi connectivity index (χ1v) is 7.52. The van der Waals surface area contributed by atoms with Crippen molar-refractivity contribution in [1.29, 1.82) is 0 Å². The molecule has 3 aromatic rings. The van der Waals surface area contributed by atoms with Crippen molar-refractivity contribution in [3.63, 3.8) is 0 Å². The van der Waals surface area contributed by atoms with E-state index in [4.69, 9.17) is 9.47 Å². The zero-order valence-electron chi connectivity index (χ0n) is 13.8. The van der Waals surface area contributed by atoms with Crippen molar-refractivity contribution in [3.05, 3.63) is 59.8 Å². The Morgan fingerprint density at radius 1 is 1.00 bits per heavy atom. The molecule has 0 fully saturated rings. The standard InChI is InChI=1S/C19H18N2O3/c1-12-7-8-13-5-4-6-15(18(13)20-12)21-19(22)14-9-10-16(23-2)17(11-14)24-3/h4-11H,1-3H3,(H,21,22). The number of aromatic nitrogens is 1. The van der Waals surface area contributed by atoms with Gasteiger partial charge in [0.25, 0.3) is 5.91 Å². The van der Waals surface area contributed by atoms with Gasteiger partial charge in [0.05, 0.1) is 25.4 Å². The smallest absolute Gasteiger partial charge is 0.255 e. The van der Waals surface area contributed by atoms with Gasteiger partial charge in [-0.25, -0.2) is 0 Å². The third-order valence-corrected chi connectivity index (χ3v) is 3.75. The van der Waals surface area contributed by atoms with Crippen LogP contribution in [0.2, 0.25) is 0 Å². The number of hydrogen-bond donors (Lipinski definition) is 1. The van der Waals surface area contributed by atoms with E-state index in [0.717, 1.165) is 16.6 Å². The van der Waals surface area contributed by atoms with Crippen molar-refractivity contribution in [3.8, 4) is 11.5 Å². The number of aryl methyl sites for hydroxylation is 1. The third-order valence-electron chi connectivity index (χ3n) is 3.75. The molecular formula is C19H18N2O3. The summed E-state index contributed by atoms with van der Waals surface area (Å²) in [6.07, 6.45) is 0. The van der Waals surface area contributed by atoms with Gasteiger partial charge < -0.3 is 14.8 Å². The molecular weight excluding hydrogens is 304 g/mol. The van der Waals surface area contributed by atoms with Crippen LogP contribution in [0.4, 0.5) is 5.69 Å². The van der Waals surface area contributed by atoms with Gasteiger partial charge in [0, 0.05) is 16.6 Å². The van der Waals surface area contributed by atoms with Crippen LogP contribution >= 0.6 is 0 Å². The number of ether oxygens (including phenoxy) is 2. The van der Waals surface area contributed by atoms with E-state index in [-0.39, 0.29) is 5.91 Å². The molecule has 0 aliphatic heterocycles. The topological polar surface area (TPSA) is 60.5 Å². The maximum Gasteiger partial charge on any atom is 0.255 e. The molecule has 1 heterocycles. The molecule has 0 spiro atoms. The van der Waals surface area contributed by atoms with Gasteiger partial charge in [0.15, 0.2) is 11.5 Å². The normalized spacial score (nSPS) is 10.5. The van der Waals surface area contributed by atoms with Gasteiger partial charge in [-0.05, 0) is 37.3 Å². The molecule has 0 unspecified atom stereocenters. The predicted molar refractivity (Wildman–Crippen MR) is 94.0 cm³/mol. The van der Waals surface area contributed by atoms with Gasteiger partial charge in [0.2, 0.25) is 0 Å². The highest BCUT2D eigenvalue weighted by Crippen LogP contribution is 2.28. The van der Waals surface area contributed by atoms with Crippen LogP contribution in [0.25, 0.3) is 10.9 Å². The molecule has 5 heteroatoms. The van der Waals surface area contributed by atoms with Crippen LogP contribution in [0.15, 0.2) is 48.5 Å². The van der Waals surface area contributed by atoms with Crippen LogP contribution < -0.4 is 14.8 Å². The van der Waals surface area contributed by atoms with E-state index in [1.807, 2.05) is 37.3 Å². The van der Waals surface area contributed by atoms with E-state index < -0.39 is 0 Å². The van der Waals surface area contributed by atoms with Crippen molar-refractivity contribution in [1.82, 2.24) is 4.98 Å². The summed E-state index contributed by atoms with van der Waals surface area (Å²) >= 11 is 0. The van der Waals surface area contributed by atoms with Crippen molar-refractivity contribution in [2.24, 2.45) is 0 Å². The lowest BCUT2D eigenvalue weighted by molar-refractivity contribution is 0.102. The average Bonchev–Trinajstić information content (AvgIpc) is 2.61. The van der Waals surface area contributed by atoms with E-state index in [2.05, 4.69) is 10.3 Å². The number of benzene rings is 2. The molecule has 0 aliphatic carbocycles. The largest absolute Gasteiger partial charge is 0.493 e. The summed E-state index contributed by atoms with van der Waals surface area (Å²) in [5.41, 5.74) is 2.83. The Hall–Kier alpha value is -3.08. The lowest BCUT2D eigenvalue weighted by Crippen LogP contribution is -2.12. The van der Waals surface area contributed by atoms with Gasteiger partial charge in [0.1, 0.15) is 0 Å². The number of para-hydroxylation sites is 1. The second kappa shape index (κ2) is 6.58. The Kier molecular flexibility index (Phi) is 4.33. The molecule has 0 bridgehead atoms. The minimum absolute atomic E-state index is 0.230. The predicted octanol–water partition coefficient (Wildman–Crippen LogP) is 3.81. The lowest BCUT2D eigenvalue weighted by Gasteiger charge is -2.11. The molecule has 0 saturated heterocycles. The first kappa shape index (κ1) is 15.8. The molecule has 1 N–H and O–H groups in total. The highest BCUT2D eigenvalue weighted by atomic mass is 16.5. The summed E-state index contributed by atoms with van der Waals surface area (Å²) in [6.45, 7) is 1.92. The van der Waals surface area contributed by atoms with E-state index in [9.17, 15) is 4.79 Å². The van der Waals surface area contributed by atoms with Gasteiger partial charge in [-0.2, -0.15) is 0 Å². The zero-order valence-corrected chi connectivity index (χ0v) is 13.8. The summed E-state index contributed by atoms with van der Waals surface area (Å²) in [6, 6.07) is 14.7. The van der Waals surface area contributed by atoms with Crippen LogP contribution in [0.3, 0.4) is 0 Å². The van der Waals surface area contributed by atoms with Crippen LogP contribution in [0.1, 0.15) is 16.1 Å². The Labute approximate surface area is 140 Å². The van der Waals surface area contributed by atoms with Gasteiger partial charge in [-0.1, -0.05) is 18.2 Å². The fourth-order valence-electron chi connectivity index (χ4n) is 2.52. The fourth-order valence-corrected chi connectivity index (χ4v) is 2.52. The maximum atomic E-state index is 12.6. The Morgan fingerprint density at radius 3 is 2.54 bits per heavy atom. The van der Waals surface area contributed by atoms with Gasteiger partial charge in [-0.15, -0.1) is 0 Å². The highest BCUT2D eigenvalue weighted by Gasteiger charge is 2.12. The maximum absolute atomic E-state index is 12.6.